The fourth-order valence-corrected chi connectivity index (χ4v) is 4.12. The van der Waals surface area contributed by atoms with Crippen LogP contribution in [0.5, 0.6) is 0 Å². The fourth-order valence-electron chi connectivity index (χ4n) is 4.12. The van der Waals surface area contributed by atoms with Crippen LogP contribution in [0.25, 0.3) is 0 Å². The lowest BCUT2D eigenvalue weighted by molar-refractivity contribution is -0.117. The Morgan fingerprint density at radius 3 is 2.85 bits per heavy atom. The van der Waals surface area contributed by atoms with Gasteiger partial charge in [-0.15, -0.1) is 0 Å². The summed E-state index contributed by atoms with van der Waals surface area (Å²) in [5, 5.41) is 4.50. The number of amides is 1. The molecule has 26 heavy (non-hydrogen) atoms. The summed E-state index contributed by atoms with van der Waals surface area (Å²) >= 11 is 0. The first-order valence-corrected chi connectivity index (χ1v) is 9.30. The molecule has 0 bridgehead atoms. The zero-order chi connectivity index (χ0) is 17.7. The van der Waals surface area contributed by atoms with E-state index in [9.17, 15) is 4.79 Å². The van der Waals surface area contributed by atoms with Crippen LogP contribution in [0, 0.1) is 0 Å². The molecule has 0 unspecified atom stereocenters. The zero-order valence-corrected chi connectivity index (χ0v) is 15.0. The number of hydrogen-bond acceptors (Lipinski definition) is 6. The van der Waals surface area contributed by atoms with Crippen molar-refractivity contribution in [2.24, 2.45) is 0 Å². The molecular formula is C18H23N7O. The quantitative estimate of drug-likeness (QED) is 0.815. The van der Waals surface area contributed by atoms with Crippen LogP contribution in [0.15, 0.2) is 18.7 Å². The molecular weight excluding hydrogens is 330 g/mol. The largest absolute Gasteiger partial charge is 0.352 e. The first kappa shape index (κ1) is 15.7. The van der Waals surface area contributed by atoms with Crippen molar-refractivity contribution in [3.8, 4) is 0 Å². The van der Waals surface area contributed by atoms with Crippen molar-refractivity contribution in [1.29, 1.82) is 0 Å². The summed E-state index contributed by atoms with van der Waals surface area (Å²) in [6.07, 6.45) is 8.09. The standard InChI is InChI=1S/C18H23N7O/c1-22-6-4-16-15(11-22)18(20-12-19-16)23-8-14(9-23)25-10-13(7-21-25)24-5-2-3-17(24)26/h7,10,12,14H,2-6,8-9,11H2,1H3. The van der Waals surface area contributed by atoms with Crippen LogP contribution >= 0.6 is 0 Å². The summed E-state index contributed by atoms with van der Waals surface area (Å²) in [6.45, 7) is 4.55. The third-order valence-corrected chi connectivity index (χ3v) is 5.68. The number of rotatable bonds is 3. The van der Waals surface area contributed by atoms with E-state index < -0.39 is 0 Å². The SMILES string of the molecule is CN1CCc2ncnc(N3CC(n4cc(N5CCCC5=O)cn4)C3)c2C1. The maximum absolute atomic E-state index is 11.9. The van der Waals surface area contributed by atoms with Crippen LogP contribution in [0.4, 0.5) is 11.5 Å². The second kappa shape index (κ2) is 6.05. The first-order chi connectivity index (χ1) is 12.7. The van der Waals surface area contributed by atoms with E-state index in [4.69, 9.17) is 0 Å². The third kappa shape index (κ3) is 2.56. The predicted octanol–water partition coefficient (Wildman–Crippen LogP) is 0.849. The molecule has 0 saturated carbocycles. The van der Waals surface area contributed by atoms with Crippen molar-refractivity contribution in [1.82, 2.24) is 24.6 Å². The highest BCUT2D eigenvalue weighted by molar-refractivity contribution is 5.95. The van der Waals surface area contributed by atoms with Gasteiger partial charge in [0, 0.05) is 57.3 Å². The highest BCUT2D eigenvalue weighted by Crippen LogP contribution is 2.32. The molecule has 2 saturated heterocycles. The Balaban J connectivity index is 1.30. The molecule has 2 aromatic rings. The van der Waals surface area contributed by atoms with Gasteiger partial charge >= 0.3 is 0 Å². The van der Waals surface area contributed by atoms with Gasteiger partial charge in [-0.25, -0.2) is 9.97 Å². The average Bonchev–Trinajstić information content (AvgIpc) is 3.23. The van der Waals surface area contributed by atoms with E-state index in [1.807, 2.05) is 22.0 Å². The number of hydrogen-bond donors (Lipinski definition) is 0. The minimum Gasteiger partial charge on any atom is -0.352 e. The lowest BCUT2D eigenvalue weighted by Gasteiger charge is -2.41. The van der Waals surface area contributed by atoms with Gasteiger partial charge in [0.05, 0.1) is 23.6 Å². The number of likely N-dealkylation sites (N-methyl/N-ethyl adjacent to an activating group) is 1. The zero-order valence-electron chi connectivity index (χ0n) is 15.0. The van der Waals surface area contributed by atoms with Crippen molar-refractivity contribution in [2.45, 2.75) is 31.8 Å². The minimum atomic E-state index is 0.205. The molecule has 0 spiro atoms. The van der Waals surface area contributed by atoms with Crippen LogP contribution < -0.4 is 9.80 Å². The van der Waals surface area contributed by atoms with Crippen LogP contribution in [-0.4, -0.2) is 63.8 Å². The molecule has 0 atom stereocenters. The van der Waals surface area contributed by atoms with Gasteiger partial charge < -0.3 is 14.7 Å². The summed E-state index contributed by atoms with van der Waals surface area (Å²) < 4.78 is 2.00. The Hall–Kier alpha value is -2.48. The Bertz CT molecular complexity index is 842. The van der Waals surface area contributed by atoms with Crippen molar-refractivity contribution in [3.63, 3.8) is 0 Å². The van der Waals surface area contributed by atoms with Gasteiger partial charge in [0.1, 0.15) is 12.1 Å². The van der Waals surface area contributed by atoms with Crippen molar-refractivity contribution >= 4 is 17.4 Å². The topological polar surface area (TPSA) is 70.4 Å². The van der Waals surface area contributed by atoms with E-state index in [0.29, 0.717) is 12.5 Å². The monoisotopic (exact) mass is 353 g/mol. The molecule has 1 amide bonds. The minimum absolute atomic E-state index is 0.205. The molecule has 8 nitrogen and oxygen atoms in total. The average molecular weight is 353 g/mol. The molecule has 0 aromatic carbocycles. The number of aromatic nitrogens is 4. The Labute approximate surface area is 152 Å². The summed E-state index contributed by atoms with van der Waals surface area (Å²) in [4.78, 5) is 27.4. The summed E-state index contributed by atoms with van der Waals surface area (Å²) in [6, 6.07) is 0.327. The van der Waals surface area contributed by atoms with E-state index in [0.717, 1.165) is 57.1 Å². The molecule has 0 N–H and O–H groups in total. The molecule has 5 heterocycles. The molecule has 5 rings (SSSR count). The molecule has 2 aromatic heterocycles. The molecule has 136 valence electrons. The van der Waals surface area contributed by atoms with E-state index in [1.54, 1.807) is 6.33 Å². The Morgan fingerprint density at radius 2 is 2.04 bits per heavy atom. The van der Waals surface area contributed by atoms with E-state index in [2.05, 4.69) is 31.9 Å². The van der Waals surface area contributed by atoms with Crippen LogP contribution in [0.2, 0.25) is 0 Å². The van der Waals surface area contributed by atoms with E-state index >= 15 is 0 Å². The maximum Gasteiger partial charge on any atom is 0.227 e. The molecule has 0 radical (unpaired) electrons. The Kier molecular flexibility index (Phi) is 3.66. The van der Waals surface area contributed by atoms with Gasteiger partial charge in [-0.05, 0) is 13.5 Å². The lowest BCUT2D eigenvalue weighted by Crippen LogP contribution is -2.49. The van der Waals surface area contributed by atoms with Crippen molar-refractivity contribution < 1.29 is 4.79 Å². The smallest absolute Gasteiger partial charge is 0.227 e. The summed E-state index contributed by atoms with van der Waals surface area (Å²) in [5.41, 5.74) is 3.38. The van der Waals surface area contributed by atoms with Gasteiger partial charge in [-0.3, -0.25) is 9.48 Å². The highest BCUT2D eigenvalue weighted by Gasteiger charge is 2.33. The second-order valence-electron chi connectivity index (χ2n) is 7.50. The Morgan fingerprint density at radius 1 is 1.15 bits per heavy atom. The molecule has 0 aliphatic carbocycles. The van der Waals surface area contributed by atoms with Crippen LogP contribution in [-0.2, 0) is 17.8 Å². The molecule has 2 fully saturated rings. The van der Waals surface area contributed by atoms with Gasteiger partial charge in [-0.2, -0.15) is 5.10 Å². The first-order valence-electron chi connectivity index (χ1n) is 9.30. The molecule has 3 aliphatic rings. The highest BCUT2D eigenvalue weighted by atomic mass is 16.2. The summed E-state index contributed by atoms with van der Waals surface area (Å²) in [7, 11) is 2.14. The van der Waals surface area contributed by atoms with Crippen LogP contribution in [0.1, 0.15) is 30.1 Å². The van der Waals surface area contributed by atoms with Gasteiger partial charge in [0.25, 0.3) is 0 Å². The number of nitrogens with zero attached hydrogens (tertiary/aromatic N) is 7. The van der Waals surface area contributed by atoms with E-state index in [-0.39, 0.29) is 5.91 Å². The van der Waals surface area contributed by atoms with Crippen molar-refractivity contribution in [2.75, 3.05) is 43.0 Å². The fraction of sp³-hybridized carbons (Fsp3) is 0.556. The van der Waals surface area contributed by atoms with E-state index in [1.165, 1.54) is 11.3 Å². The third-order valence-electron chi connectivity index (χ3n) is 5.68. The maximum atomic E-state index is 11.9. The van der Waals surface area contributed by atoms with Gasteiger partial charge in [0.2, 0.25) is 5.91 Å². The predicted molar refractivity (Wildman–Crippen MR) is 97.1 cm³/mol. The number of anilines is 2. The molecule has 8 heteroatoms. The number of carbonyl (C=O) groups excluding carboxylic acids is 1. The normalized spacial score (nSPS) is 21.2. The number of carbonyl (C=O) groups is 1. The van der Waals surface area contributed by atoms with Crippen LogP contribution in [0.3, 0.4) is 0 Å². The second-order valence-corrected chi connectivity index (χ2v) is 7.50. The van der Waals surface area contributed by atoms with Crippen molar-refractivity contribution in [3.05, 3.63) is 30.0 Å². The summed E-state index contributed by atoms with van der Waals surface area (Å²) in [5.74, 6) is 1.27. The van der Waals surface area contributed by atoms with Gasteiger partial charge in [0.15, 0.2) is 0 Å². The lowest BCUT2D eigenvalue weighted by atomic mass is 10.0. The number of fused-ring (bicyclic) bond motifs is 1. The molecule has 3 aliphatic heterocycles. The van der Waals surface area contributed by atoms with Gasteiger partial charge in [-0.1, -0.05) is 0 Å².